The monoisotopic (exact) mass is 352 g/mol. The van der Waals surface area contributed by atoms with Crippen LogP contribution in [0.5, 0.6) is 0 Å². The molecule has 0 radical (unpaired) electrons. The number of hydrogen-bond acceptors (Lipinski definition) is 3. The molecule has 1 N–H and O–H groups in total. The first-order valence-corrected chi connectivity index (χ1v) is 9.50. The van der Waals surface area contributed by atoms with E-state index in [2.05, 4.69) is 16.8 Å². The Morgan fingerprint density at radius 1 is 1.16 bits per heavy atom. The number of benzene rings is 1. The van der Waals surface area contributed by atoms with Gasteiger partial charge in [-0.2, -0.15) is 0 Å². The Morgan fingerprint density at radius 2 is 1.96 bits per heavy atom. The summed E-state index contributed by atoms with van der Waals surface area (Å²) < 4.78 is 0. The van der Waals surface area contributed by atoms with Crippen molar-refractivity contribution in [1.29, 1.82) is 0 Å². The van der Waals surface area contributed by atoms with Crippen molar-refractivity contribution in [2.75, 3.05) is 6.54 Å². The average molecular weight is 352 g/mol. The quantitative estimate of drug-likeness (QED) is 0.859. The molecule has 5 heteroatoms. The van der Waals surface area contributed by atoms with E-state index in [1.165, 1.54) is 10.4 Å². The lowest BCUT2D eigenvalue weighted by atomic mass is 10.1. The second kappa shape index (κ2) is 6.84. The summed E-state index contributed by atoms with van der Waals surface area (Å²) in [5.74, 6) is 0.0152. The molecule has 0 atom stereocenters. The summed E-state index contributed by atoms with van der Waals surface area (Å²) in [5, 5.41) is 5.06. The molecule has 1 aromatic heterocycles. The van der Waals surface area contributed by atoms with Gasteiger partial charge in [0, 0.05) is 35.6 Å². The number of hydrogen-bond donors (Lipinski definition) is 1. The SMILES string of the molecule is O=C(NC1CC1)c1ccc(/C=C/C(=O)N2CCc3sccc3C2)cc1. The summed E-state index contributed by atoms with van der Waals surface area (Å²) in [6.45, 7) is 1.47. The minimum absolute atomic E-state index is 0.0195. The van der Waals surface area contributed by atoms with Gasteiger partial charge in [0.1, 0.15) is 0 Å². The molecule has 4 rings (SSSR count). The number of amides is 2. The van der Waals surface area contributed by atoms with Crippen LogP contribution in [-0.4, -0.2) is 29.3 Å². The standard InChI is InChI=1S/C20H20N2O2S/c23-19(22-11-9-18-16(13-22)10-12-25-18)8-3-14-1-4-15(5-2-14)20(24)21-17-6-7-17/h1-5,8,10,12,17H,6-7,9,11,13H2,(H,21,24)/b8-3+. The van der Waals surface area contributed by atoms with Crippen LogP contribution in [0.15, 0.2) is 41.8 Å². The number of nitrogens with one attached hydrogen (secondary N) is 1. The maximum Gasteiger partial charge on any atom is 0.251 e. The van der Waals surface area contributed by atoms with E-state index in [1.807, 2.05) is 23.1 Å². The van der Waals surface area contributed by atoms with Crippen LogP contribution in [-0.2, 0) is 17.8 Å². The highest BCUT2D eigenvalue weighted by atomic mass is 32.1. The Bertz CT molecular complexity index is 818. The second-order valence-corrected chi connectivity index (χ2v) is 7.58. The van der Waals surface area contributed by atoms with E-state index in [0.29, 0.717) is 18.2 Å². The number of fused-ring (bicyclic) bond motifs is 1. The highest BCUT2D eigenvalue weighted by Gasteiger charge is 2.23. The third-order valence-corrected chi connectivity index (χ3v) is 5.65. The van der Waals surface area contributed by atoms with E-state index in [-0.39, 0.29) is 11.8 Å². The van der Waals surface area contributed by atoms with Gasteiger partial charge in [-0.15, -0.1) is 11.3 Å². The maximum atomic E-state index is 12.4. The third kappa shape index (κ3) is 3.82. The Hall–Kier alpha value is -2.40. The predicted octanol–water partition coefficient (Wildman–Crippen LogP) is 3.24. The van der Waals surface area contributed by atoms with Gasteiger partial charge in [-0.25, -0.2) is 0 Å². The maximum absolute atomic E-state index is 12.4. The Kier molecular flexibility index (Phi) is 4.40. The van der Waals surface area contributed by atoms with Gasteiger partial charge in [-0.05, 0) is 60.0 Å². The molecule has 0 saturated heterocycles. The van der Waals surface area contributed by atoms with Crippen molar-refractivity contribution >= 4 is 29.2 Å². The zero-order valence-electron chi connectivity index (χ0n) is 13.9. The van der Waals surface area contributed by atoms with E-state index in [1.54, 1.807) is 29.5 Å². The summed E-state index contributed by atoms with van der Waals surface area (Å²) >= 11 is 1.77. The van der Waals surface area contributed by atoms with Gasteiger partial charge in [-0.3, -0.25) is 9.59 Å². The first kappa shape index (κ1) is 16.1. The average Bonchev–Trinajstić information content (AvgIpc) is 3.32. The number of nitrogens with zero attached hydrogens (tertiary/aromatic N) is 1. The third-order valence-electron chi connectivity index (χ3n) is 4.62. The molecule has 0 bridgehead atoms. The van der Waals surface area contributed by atoms with Gasteiger partial charge < -0.3 is 10.2 Å². The number of thiophene rings is 1. The molecular weight excluding hydrogens is 332 g/mol. The number of rotatable bonds is 4. The summed E-state index contributed by atoms with van der Waals surface area (Å²) in [6.07, 6.45) is 6.54. The largest absolute Gasteiger partial charge is 0.349 e. The summed E-state index contributed by atoms with van der Waals surface area (Å²) in [6, 6.07) is 9.82. The molecule has 1 aliphatic carbocycles. The Labute approximate surface area is 151 Å². The lowest BCUT2D eigenvalue weighted by Gasteiger charge is -2.25. The molecule has 0 spiro atoms. The van der Waals surface area contributed by atoms with Crippen molar-refractivity contribution in [3.05, 3.63) is 63.4 Å². The van der Waals surface area contributed by atoms with E-state index in [9.17, 15) is 9.59 Å². The lowest BCUT2D eigenvalue weighted by molar-refractivity contribution is -0.126. The van der Waals surface area contributed by atoms with Gasteiger partial charge in [-0.1, -0.05) is 12.1 Å². The minimum atomic E-state index is -0.0195. The smallest absolute Gasteiger partial charge is 0.251 e. The van der Waals surface area contributed by atoms with Crippen molar-refractivity contribution in [2.24, 2.45) is 0 Å². The molecular formula is C20H20N2O2S. The van der Waals surface area contributed by atoms with Crippen LogP contribution < -0.4 is 5.32 Å². The molecule has 1 saturated carbocycles. The fourth-order valence-electron chi connectivity index (χ4n) is 2.95. The van der Waals surface area contributed by atoms with Crippen molar-refractivity contribution in [1.82, 2.24) is 10.2 Å². The second-order valence-electron chi connectivity index (χ2n) is 6.58. The molecule has 4 nitrogen and oxygen atoms in total. The Balaban J connectivity index is 1.36. The van der Waals surface area contributed by atoms with Gasteiger partial charge in [0.05, 0.1) is 0 Å². The van der Waals surface area contributed by atoms with Crippen LogP contribution in [0.2, 0.25) is 0 Å². The van der Waals surface area contributed by atoms with Crippen LogP contribution >= 0.6 is 11.3 Å². The highest BCUT2D eigenvalue weighted by Crippen LogP contribution is 2.24. The zero-order valence-corrected chi connectivity index (χ0v) is 14.7. The van der Waals surface area contributed by atoms with Gasteiger partial charge >= 0.3 is 0 Å². The van der Waals surface area contributed by atoms with Crippen molar-refractivity contribution in [3.63, 3.8) is 0 Å². The summed E-state index contributed by atoms with van der Waals surface area (Å²) in [7, 11) is 0. The topological polar surface area (TPSA) is 49.4 Å². The fraction of sp³-hybridized carbons (Fsp3) is 0.300. The van der Waals surface area contributed by atoms with Crippen LogP contribution in [0.3, 0.4) is 0 Å². The highest BCUT2D eigenvalue weighted by molar-refractivity contribution is 7.10. The minimum Gasteiger partial charge on any atom is -0.349 e. The molecule has 128 valence electrons. The molecule has 2 heterocycles. The van der Waals surface area contributed by atoms with E-state index >= 15 is 0 Å². The van der Waals surface area contributed by atoms with Crippen LogP contribution in [0, 0.1) is 0 Å². The van der Waals surface area contributed by atoms with Gasteiger partial charge in [0.25, 0.3) is 5.91 Å². The van der Waals surface area contributed by atoms with E-state index in [0.717, 1.165) is 31.4 Å². The molecule has 2 aromatic rings. The molecule has 25 heavy (non-hydrogen) atoms. The lowest BCUT2D eigenvalue weighted by Crippen LogP contribution is -2.34. The number of carbonyl (C=O) groups excluding carboxylic acids is 2. The predicted molar refractivity (Wildman–Crippen MR) is 99.4 cm³/mol. The summed E-state index contributed by atoms with van der Waals surface area (Å²) in [4.78, 5) is 27.6. The molecule has 2 amide bonds. The zero-order chi connectivity index (χ0) is 17.2. The van der Waals surface area contributed by atoms with E-state index < -0.39 is 0 Å². The normalized spacial score (nSPS) is 16.7. The van der Waals surface area contributed by atoms with E-state index in [4.69, 9.17) is 0 Å². The van der Waals surface area contributed by atoms with Crippen molar-refractivity contribution < 1.29 is 9.59 Å². The molecule has 2 aliphatic rings. The van der Waals surface area contributed by atoms with Gasteiger partial charge in [0.15, 0.2) is 0 Å². The fourth-order valence-corrected chi connectivity index (χ4v) is 3.84. The first-order chi connectivity index (χ1) is 12.2. The number of carbonyl (C=O) groups is 2. The molecule has 0 unspecified atom stereocenters. The van der Waals surface area contributed by atoms with Gasteiger partial charge in [0.2, 0.25) is 5.91 Å². The van der Waals surface area contributed by atoms with Crippen LogP contribution in [0.1, 0.15) is 39.2 Å². The van der Waals surface area contributed by atoms with Crippen LogP contribution in [0.4, 0.5) is 0 Å². The molecule has 1 aromatic carbocycles. The first-order valence-electron chi connectivity index (χ1n) is 8.62. The molecule has 1 fully saturated rings. The molecule has 1 aliphatic heterocycles. The van der Waals surface area contributed by atoms with Crippen molar-refractivity contribution in [3.8, 4) is 0 Å². The summed E-state index contributed by atoms with van der Waals surface area (Å²) in [5.41, 5.74) is 2.85. The Morgan fingerprint density at radius 3 is 2.72 bits per heavy atom. The van der Waals surface area contributed by atoms with Crippen LogP contribution in [0.25, 0.3) is 6.08 Å². The van der Waals surface area contributed by atoms with Crippen molar-refractivity contribution in [2.45, 2.75) is 31.8 Å².